The Morgan fingerprint density at radius 3 is 2.73 bits per heavy atom. The first-order chi connectivity index (χ1) is 7.33. The van der Waals surface area contributed by atoms with Gasteiger partial charge >= 0.3 is 5.97 Å². The third-order valence-electron chi connectivity index (χ3n) is 1.48. The van der Waals surface area contributed by atoms with Gasteiger partial charge in [-0.15, -0.1) is 0 Å². The maximum atomic E-state index is 10.6. The Balaban J connectivity index is 2.07. The average Bonchev–Trinajstić information content (AvgIpc) is 2.29. The second kappa shape index (κ2) is 7.09. The quantitative estimate of drug-likeness (QED) is 0.322. The molecule has 1 aromatic rings. The van der Waals surface area contributed by atoms with Gasteiger partial charge in [0.2, 0.25) is 0 Å². The van der Waals surface area contributed by atoms with Gasteiger partial charge in [-0.1, -0.05) is 24.8 Å². The van der Waals surface area contributed by atoms with Crippen LogP contribution in [0.1, 0.15) is 0 Å². The van der Waals surface area contributed by atoms with Gasteiger partial charge in [0.25, 0.3) is 0 Å². The molecule has 0 N–H and O–H groups in total. The fraction of sp³-hybridized carbons (Fsp3) is 0.182. The van der Waals surface area contributed by atoms with E-state index < -0.39 is 5.97 Å². The van der Waals surface area contributed by atoms with Gasteiger partial charge in [0.05, 0.1) is 6.61 Å². The lowest BCUT2D eigenvalue weighted by Crippen LogP contribution is -2.05. The molecule has 0 heterocycles. The maximum absolute atomic E-state index is 10.6. The van der Waals surface area contributed by atoms with E-state index in [4.69, 9.17) is 8.92 Å². The summed E-state index contributed by atoms with van der Waals surface area (Å²) < 4.78 is 9.95. The minimum absolute atomic E-state index is 0.241. The molecule has 0 bridgehead atoms. The highest BCUT2D eigenvalue weighted by Crippen LogP contribution is 2.17. The Morgan fingerprint density at radius 1 is 1.33 bits per heavy atom. The van der Waals surface area contributed by atoms with Crippen LogP contribution in [0.3, 0.4) is 0 Å². The van der Waals surface area contributed by atoms with Crippen molar-refractivity contribution in [3.05, 3.63) is 43.0 Å². The van der Waals surface area contributed by atoms with Crippen molar-refractivity contribution in [2.45, 2.75) is 4.90 Å². The molecule has 80 valence electrons. The number of esters is 1. The SMILES string of the molecule is C=CC(=O)OCCOSc1ccccc1. The van der Waals surface area contributed by atoms with Gasteiger partial charge < -0.3 is 8.92 Å². The van der Waals surface area contributed by atoms with Crippen molar-refractivity contribution >= 4 is 18.0 Å². The van der Waals surface area contributed by atoms with E-state index in [0.717, 1.165) is 11.0 Å². The Labute approximate surface area is 93.3 Å². The summed E-state index contributed by atoms with van der Waals surface area (Å²) in [6.45, 7) is 3.89. The van der Waals surface area contributed by atoms with Gasteiger partial charge in [0.15, 0.2) is 0 Å². The standard InChI is InChI=1S/C11H12O3S/c1-2-11(12)13-8-9-14-15-10-6-4-3-5-7-10/h2-7H,1,8-9H2. The van der Waals surface area contributed by atoms with Crippen LogP contribution < -0.4 is 0 Å². The Hall–Kier alpha value is -1.26. The lowest BCUT2D eigenvalue weighted by atomic mass is 10.4. The van der Waals surface area contributed by atoms with Gasteiger partial charge in [-0.25, -0.2) is 4.79 Å². The van der Waals surface area contributed by atoms with Crippen LogP contribution in [0.2, 0.25) is 0 Å². The molecule has 1 aromatic carbocycles. The maximum Gasteiger partial charge on any atom is 0.330 e. The van der Waals surface area contributed by atoms with Gasteiger partial charge in [-0.2, -0.15) is 0 Å². The van der Waals surface area contributed by atoms with E-state index in [2.05, 4.69) is 6.58 Å². The van der Waals surface area contributed by atoms with Crippen molar-refractivity contribution in [3.8, 4) is 0 Å². The molecule has 0 aliphatic carbocycles. The predicted molar refractivity (Wildman–Crippen MR) is 59.4 cm³/mol. The molecule has 0 aliphatic heterocycles. The zero-order chi connectivity index (χ0) is 10.9. The summed E-state index contributed by atoms with van der Waals surface area (Å²) in [5.74, 6) is -0.427. The molecule has 0 fully saturated rings. The van der Waals surface area contributed by atoms with Gasteiger partial charge in [-0.05, 0) is 12.1 Å². The first kappa shape index (κ1) is 11.8. The van der Waals surface area contributed by atoms with Crippen LogP contribution in [0, 0.1) is 0 Å². The molecule has 0 amide bonds. The van der Waals surface area contributed by atoms with Crippen LogP contribution in [0.5, 0.6) is 0 Å². The fourth-order valence-corrected chi connectivity index (χ4v) is 1.38. The third kappa shape index (κ3) is 5.24. The van der Waals surface area contributed by atoms with Crippen molar-refractivity contribution in [1.29, 1.82) is 0 Å². The number of hydrogen-bond acceptors (Lipinski definition) is 4. The number of rotatable bonds is 6. The third-order valence-corrected chi connectivity index (χ3v) is 2.23. The lowest BCUT2D eigenvalue weighted by molar-refractivity contribution is -0.138. The van der Waals surface area contributed by atoms with Gasteiger partial charge in [0, 0.05) is 23.0 Å². The van der Waals surface area contributed by atoms with Crippen molar-refractivity contribution < 1.29 is 13.7 Å². The number of carbonyl (C=O) groups excluding carboxylic acids is 1. The molecule has 1 rings (SSSR count). The van der Waals surface area contributed by atoms with Crippen LogP contribution in [-0.4, -0.2) is 19.2 Å². The van der Waals surface area contributed by atoms with E-state index >= 15 is 0 Å². The minimum Gasteiger partial charge on any atom is -0.460 e. The normalized spacial score (nSPS) is 9.60. The second-order valence-electron chi connectivity index (χ2n) is 2.59. The molecule has 3 nitrogen and oxygen atoms in total. The predicted octanol–water partition coefficient (Wildman–Crippen LogP) is 2.44. The van der Waals surface area contributed by atoms with E-state index in [1.54, 1.807) is 0 Å². The second-order valence-corrected chi connectivity index (χ2v) is 3.46. The first-order valence-electron chi connectivity index (χ1n) is 4.46. The summed E-state index contributed by atoms with van der Waals surface area (Å²) in [5, 5.41) is 0. The summed E-state index contributed by atoms with van der Waals surface area (Å²) in [6.07, 6.45) is 1.13. The smallest absolute Gasteiger partial charge is 0.330 e. The van der Waals surface area contributed by atoms with Crippen molar-refractivity contribution in [2.24, 2.45) is 0 Å². The lowest BCUT2D eigenvalue weighted by Gasteiger charge is -2.02. The number of carbonyl (C=O) groups is 1. The molecule has 0 unspecified atom stereocenters. The molecular weight excluding hydrogens is 212 g/mol. The van der Waals surface area contributed by atoms with Crippen LogP contribution in [0.4, 0.5) is 0 Å². The van der Waals surface area contributed by atoms with E-state index in [9.17, 15) is 4.79 Å². The van der Waals surface area contributed by atoms with E-state index in [0.29, 0.717) is 6.61 Å². The molecule has 0 saturated heterocycles. The zero-order valence-corrected chi connectivity index (χ0v) is 9.03. The molecule has 0 aromatic heterocycles. The van der Waals surface area contributed by atoms with Crippen LogP contribution in [-0.2, 0) is 13.7 Å². The zero-order valence-electron chi connectivity index (χ0n) is 8.22. The highest BCUT2D eigenvalue weighted by Gasteiger charge is 1.96. The van der Waals surface area contributed by atoms with E-state index in [1.165, 1.54) is 12.0 Å². The molecule has 0 aliphatic rings. The van der Waals surface area contributed by atoms with E-state index in [1.807, 2.05) is 30.3 Å². The van der Waals surface area contributed by atoms with Gasteiger partial charge in [0.1, 0.15) is 6.61 Å². The molecule has 15 heavy (non-hydrogen) atoms. The highest BCUT2D eigenvalue weighted by atomic mass is 32.2. The summed E-state index contributed by atoms with van der Waals surface area (Å²) in [6, 6.07) is 9.70. The van der Waals surface area contributed by atoms with Crippen molar-refractivity contribution in [1.82, 2.24) is 0 Å². The Kier molecular flexibility index (Phi) is 5.58. The minimum atomic E-state index is -0.427. The summed E-state index contributed by atoms with van der Waals surface area (Å²) in [4.78, 5) is 11.7. The molecular formula is C11H12O3S. The number of benzene rings is 1. The topological polar surface area (TPSA) is 35.5 Å². The first-order valence-corrected chi connectivity index (χ1v) is 5.21. The van der Waals surface area contributed by atoms with Crippen molar-refractivity contribution in [3.63, 3.8) is 0 Å². The molecule has 4 heteroatoms. The summed E-state index contributed by atoms with van der Waals surface area (Å²) in [5.41, 5.74) is 0. The van der Waals surface area contributed by atoms with Crippen LogP contribution >= 0.6 is 12.0 Å². The highest BCUT2D eigenvalue weighted by molar-refractivity contribution is 7.94. The molecule has 0 radical (unpaired) electrons. The fourth-order valence-electron chi connectivity index (χ4n) is 0.821. The van der Waals surface area contributed by atoms with Gasteiger partial charge in [-0.3, -0.25) is 0 Å². The number of ether oxygens (including phenoxy) is 1. The Bertz CT molecular complexity index is 311. The van der Waals surface area contributed by atoms with Crippen molar-refractivity contribution in [2.75, 3.05) is 13.2 Å². The molecule has 0 saturated carbocycles. The number of hydrogen-bond donors (Lipinski definition) is 0. The largest absolute Gasteiger partial charge is 0.460 e. The molecule has 0 spiro atoms. The molecule has 0 atom stereocenters. The van der Waals surface area contributed by atoms with Crippen LogP contribution in [0.15, 0.2) is 47.9 Å². The summed E-state index contributed by atoms with van der Waals surface area (Å²) in [7, 11) is 0. The Morgan fingerprint density at radius 2 is 2.07 bits per heavy atom. The van der Waals surface area contributed by atoms with Crippen LogP contribution in [0.25, 0.3) is 0 Å². The monoisotopic (exact) mass is 224 g/mol. The van der Waals surface area contributed by atoms with E-state index in [-0.39, 0.29) is 6.61 Å². The average molecular weight is 224 g/mol. The summed E-state index contributed by atoms with van der Waals surface area (Å²) >= 11 is 1.26.